The monoisotopic (exact) mass is 309 g/mol. The van der Waals surface area contributed by atoms with Gasteiger partial charge in [-0.05, 0) is 23.8 Å². The molecule has 94 valence electrons. The van der Waals surface area contributed by atoms with Crippen molar-refractivity contribution >= 4 is 28.6 Å². The van der Waals surface area contributed by atoms with Gasteiger partial charge >= 0.3 is 5.97 Å². The Morgan fingerprint density at radius 3 is 2.44 bits per heavy atom. The van der Waals surface area contributed by atoms with E-state index in [0.29, 0.717) is 11.1 Å². The van der Waals surface area contributed by atoms with Gasteiger partial charge in [-0.1, -0.05) is 24.3 Å². The SMILES string of the molecule is Br.Nc1cccc(-c2cccc(C(=O)O)c2)c1O. The van der Waals surface area contributed by atoms with E-state index in [2.05, 4.69) is 0 Å². The number of rotatable bonds is 2. The van der Waals surface area contributed by atoms with Crippen LogP contribution in [0.15, 0.2) is 42.5 Å². The van der Waals surface area contributed by atoms with Gasteiger partial charge in [-0.3, -0.25) is 0 Å². The number of aromatic carboxylic acids is 1. The molecule has 0 saturated carbocycles. The molecule has 2 aromatic carbocycles. The first kappa shape index (κ1) is 14.1. The number of phenols is 1. The highest BCUT2D eigenvalue weighted by Gasteiger charge is 2.09. The number of anilines is 1. The second-order valence-corrected chi connectivity index (χ2v) is 3.63. The predicted molar refractivity (Wildman–Crippen MR) is 75.2 cm³/mol. The van der Waals surface area contributed by atoms with Crippen LogP contribution in [0.3, 0.4) is 0 Å². The van der Waals surface area contributed by atoms with Gasteiger partial charge in [-0.15, -0.1) is 17.0 Å². The molecule has 2 aromatic rings. The molecule has 0 unspecified atom stereocenters. The Morgan fingerprint density at radius 1 is 1.11 bits per heavy atom. The van der Waals surface area contributed by atoms with Crippen LogP contribution in [0, 0.1) is 0 Å². The van der Waals surface area contributed by atoms with Gasteiger partial charge in [0.2, 0.25) is 0 Å². The second-order valence-electron chi connectivity index (χ2n) is 3.63. The van der Waals surface area contributed by atoms with Gasteiger partial charge in [-0.25, -0.2) is 4.79 Å². The zero-order valence-electron chi connectivity index (χ0n) is 9.33. The van der Waals surface area contributed by atoms with Gasteiger partial charge < -0.3 is 15.9 Å². The fourth-order valence-corrected chi connectivity index (χ4v) is 1.61. The fourth-order valence-electron chi connectivity index (χ4n) is 1.61. The molecule has 0 heterocycles. The minimum Gasteiger partial charge on any atom is -0.505 e. The molecule has 4 nitrogen and oxygen atoms in total. The molecule has 0 saturated heterocycles. The van der Waals surface area contributed by atoms with Crippen molar-refractivity contribution in [2.45, 2.75) is 0 Å². The Bertz CT molecular complexity index is 584. The summed E-state index contributed by atoms with van der Waals surface area (Å²) in [7, 11) is 0. The van der Waals surface area contributed by atoms with E-state index in [-0.39, 0.29) is 34.0 Å². The number of phenolic OH excluding ortho intramolecular Hbond substituents is 1. The van der Waals surface area contributed by atoms with Crippen LogP contribution in [0.2, 0.25) is 0 Å². The van der Waals surface area contributed by atoms with E-state index in [9.17, 15) is 9.90 Å². The lowest BCUT2D eigenvalue weighted by atomic mass is 10.0. The van der Waals surface area contributed by atoms with Crippen molar-refractivity contribution in [1.29, 1.82) is 0 Å². The molecule has 0 bridgehead atoms. The minimum atomic E-state index is -1.00. The Labute approximate surface area is 114 Å². The van der Waals surface area contributed by atoms with E-state index in [1.165, 1.54) is 12.1 Å². The third kappa shape index (κ3) is 2.62. The van der Waals surface area contributed by atoms with Gasteiger partial charge in [0.15, 0.2) is 0 Å². The largest absolute Gasteiger partial charge is 0.505 e. The Hall–Kier alpha value is -2.01. The van der Waals surface area contributed by atoms with E-state index < -0.39 is 5.97 Å². The predicted octanol–water partition coefficient (Wildman–Crippen LogP) is 2.92. The molecule has 0 amide bonds. The summed E-state index contributed by atoms with van der Waals surface area (Å²) in [6.45, 7) is 0. The zero-order chi connectivity index (χ0) is 12.4. The van der Waals surface area contributed by atoms with Crippen LogP contribution in [0.5, 0.6) is 5.75 Å². The normalized spacial score (nSPS) is 9.56. The lowest BCUT2D eigenvalue weighted by Gasteiger charge is -2.07. The number of hydrogen-bond acceptors (Lipinski definition) is 3. The number of aromatic hydroxyl groups is 1. The van der Waals surface area contributed by atoms with Crippen molar-refractivity contribution in [1.82, 2.24) is 0 Å². The summed E-state index contributed by atoms with van der Waals surface area (Å²) in [5.74, 6) is -1.04. The second kappa shape index (κ2) is 5.55. The average molecular weight is 310 g/mol. The summed E-state index contributed by atoms with van der Waals surface area (Å²) in [6, 6.07) is 11.3. The van der Waals surface area contributed by atoms with E-state index in [1.807, 2.05) is 0 Å². The molecule has 18 heavy (non-hydrogen) atoms. The molecule has 0 aliphatic rings. The fraction of sp³-hybridized carbons (Fsp3) is 0. The lowest BCUT2D eigenvalue weighted by molar-refractivity contribution is 0.0697. The van der Waals surface area contributed by atoms with Crippen molar-refractivity contribution < 1.29 is 15.0 Å². The van der Waals surface area contributed by atoms with Gasteiger partial charge in [0, 0.05) is 5.56 Å². The summed E-state index contributed by atoms with van der Waals surface area (Å²) < 4.78 is 0. The number of hydrogen-bond donors (Lipinski definition) is 3. The summed E-state index contributed by atoms with van der Waals surface area (Å²) in [6.07, 6.45) is 0. The van der Waals surface area contributed by atoms with Gasteiger partial charge in [0.05, 0.1) is 11.3 Å². The number of nitrogens with two attached hydrogens (primary N) is 1. The van der Waals surface area contributed by atoms with E-state index in [4.69, 9.17) is 10.8 Å². The van der Waals surface area contributed by atoms with E-state index in [1.54, 1.807) is 30.3 Å². The maximum absolute atomic E-state index is 10.8. The highest BCUT2D eigenvalue weighted by Crippen LogP contribution is 2.33. The third-order valence-electron chi connectivity index (χ3n) is 2.49. The topological polar surface area (TPSA) is 83.6 Å². The quantitative estimate of drug-likeness (QED) is 0.588. The Morgan fingerprint density at radius 2 is 1.78 bits per heavy atom. The summed E-state index contributed by atoms with van der Waals surface area (Å²) in [4.78, 5) is 10.8. The number of carbonyl (C=O) groups is 1. The summed E-state index contributed by atoms with van der Waals surface area (Å²) >= 11 is 0. The van der Waals surface area contributed by atoms with Crippen LogP contribution in [0.25, 0.3) is 11.1 Å². The first-order chi connectivity index (χ1) is 8.09. The first-order valence-corrected chi connectivity index (χ1v) is 5.01. The van der Waals surface area contributed by atoms with Gasteiger partial charge in [0.25, 0.3) is 0 Å². The Balaban J connectivity index is 0.00000162. The first-order valence-electron chi connectivity index (χ1n) is 5.01. The molecule has 0 aromatic heterocycles. The molecule has 0 spiro atoms. The van der Waals surface area contributed by atoms with Gasteiger partial charge in [-0.2, -0.15) is 0 Å². The number of halogens is 1. The van der Waals surface area contributed by atoms with Crippen molar-refractivity contribution in [3.8, 4) is 16.9 Å². The minimum absolute atomic E-state index is 0. The number of benzene rings is 2. The molecule has 0 aliphatic carbocycles. The van der Waals surface area contributed by atoms with Crippen LogP contribution in [-0.2, 0) is 0 Å². The molecule has 4 N–H and O–H groups in total. The van der Waals surface area contributed by atoms with E-state index >= 15 is 0 Å². The number of carboxylic acids is 1. The molecular weight excluding hydrogens is 298 g/mol. The molecule has 2 rings (SSSR count). The van der Waals surface area contributed by atoms with Crippen LogP contribution in [0.4, 0.5) is 5.69 Å². The maximum Gasteiger partial charge on any atom is 0.335 e. The van der Waals surface area contributed by atoms with E-state index in [0.717, 1.165) is 0 Å². The van der Waals surface area contributed by atoms with Crippen LogP contribution in [0.1, 0.15) is 10.4 Å². The van der Waals surface area contributed by atoms with Crippen molar-refractivity contribution in [2.75, 3.05) is 5.73 Å². The number of nitrogen functional groups attached to an aromatic ring is 1. The maximum atomic E-state index is 10.8. The molecule has 0 fully saturated rings. The van der Waals surface area contributed by atoms with Gasteiger partial charge in [0.1, 0.15) is 5.75 Å². The lowest BCUT2D eigenvalue weighted by Crippen LogP contribution is -1.96. The van der Waals surface area contributed by atoms with Crippen LogP contribution < -0.4 is 5.73 Å². The molecule has 5 heteroatoms. The summed E-state index contributed by atoms with van der Waals surface area (Å²) in [5, 5.41) is 18.7. The molecule has 0 aliphatic heterocycles. The van der Waals surface area contributed by atoms with Crippen molar-refractivity contribution in [3.63, 3.8) is 0 Å². The molecule has 0 atom stereocenters. The van der Waals surface area contributed by atoms with Crippen molar-refractivity contribution in [3.05, 3.63) is 48.0 Å². The highest BCUT2D eigenvalue weighted by atomic mass is 79.9. The summed E-state index contributed by atoms with van der Waals surface area (Å²) in [5.41, 5.74) is 7.17. The van der Waals surface area contributed by atoms with Crippen LogP contribution >= 0.6 is 17.0 Å². The zero-order valence-corrected chi connectivity index (χ0v) is 11.0. The number of para-hydroxylation sites is 1. The number of carboxylic acid groups (broad SMARTS) is 1. The average Bonchev–Trinajstić information content (AvgIpc) is 2.33. The smallest absolute Gasteiger partial charge is 0.335 e. The standard InChI is InChI=1S/C13H11NO3.BrH/c14-11-6-2-5-10(12(11)15)8-3-1-4-9(7-8)13(16)17;/h1-7,15H,14H2,(H,16,17);1H. The molecular formula is C13H12BrNO3. The molecule has 0 radical (unpaired) electrons. The van der Waals surface area contributed by atoms with Crippen LogP contribution in [-0.4, -0.2) is 16.2 Å². The Kier molecular flexibility index (Phi) is 4.33. The van der Waals surface area contributed by atoms with Crippen molar-refractivity contribution in [2.24, 2.45) is 0 Å². The highest BCUT2D eigenvalue weighted by molar-refractivity contribution is 8.93. The third-order valence-corrected chi connectivity index (χ3v) is 2.49.